The first kappa shape index (κ1) is 50.3. The molecule has 2 aromatic heterocycles. The van der Waals surface area contributed by atoms with Crippen LogP contribution in [0, 0.1) is 0 Å². The number of carbonyl (C=O) groups is 5. The van der Waals surface area contributed by atoms with E-state index in [2.05, 4.69) is 56.8 Å². The predicted molar refractivity (Wildman–Crippen MR) is 270 cm³/mol. The molecule has 5 heterocycles. The van der Waals surface area contributed by atoms with Gasteiger partial charge in [0.05, 0.1) is 40.9 Å². The lowest BCUT2D eigenvalue weighted by atomic mass is 10.1. The second-order valence-corrected chi connectivity index (χ2v) is 19.2. The zero-order chi connectivity index (χ0) is 49.9. The molecule has 0 radical (unpaired) electrons. The van der Waals surface area contributed by atoms with Crippen LogP contribution < -0.4 is 32.1 Å². The lowest BCUT2D eigenvalue weighted by Gasteiger charge is -2.35. The summed E-state index contributed by atoms with van der Waals surface area (Å²) < 4.78 is 5.10. The Hall–Kier alpha value is -7.07. The smallest absolute Gasteiger partial charge is 0.408 e. The van der Waals surface area contributed by atoms with Crippen LogP contribution in [0.4, 0.5) is 4.79 Å². The van der Waals surface area contributed by atoms with Crippen molar-refractivity contribution < 1.29 is 28.7 Å². The number of fused-ring (bicyclic) bond motifs is 2. The van der Waals surface area contributed by atoms with E-state index in [-0.39, 0.29) is 37.4 Å². The maximum atomic E-state index is 13.2. The van der Waals surface area contributed by atoms with Crippen molar-refractivity contribution in [2.24, 2.45) is 0 Å². The minimum absolute atomic E-state index is 0.0840. The maximum Gasteiger partial charge on any atom is 0.408 e. The number of hydrogen-bond donors (Lipinski definition) is 8. The van der Waals surface area contributed by atoms with E-state index in [1.165, 1.54) is 19.3 Å². The minimum atomic E-state index is -0.705. The SMILES string of the molecule is CN1NN(CCN2CCN(CCNC(=O)c3ccc4nc(-c5ccc(-c6nc7ccc(C(=O)NCCN8CCCCC8)cc7[nH]6)cc5)[nH]c4c3)CC2)C=C1CNC(=O)CNC(=O)CNC(=O)OC(C)(C)C. The number of hydrogen-bond acceptors (Lipinski definition) is 14. The van der Waals surface area contributed by atoms with Crippen LogP contribution in [0.5, 0.6) is 0 Å². The van der Waals surface area contributed by atoms with E-state index >= 15 is 0 Å². The van der Waals surface area contributed by atoms with E-state index in [1.54, 1.807) is 26.8 Å². The summed E-state index contributed by atoms with van der Waals surface area (Å²) >= 11 is 0. The van der Waals surface area contributed by atoms with Gasteiger partial charge in [0.15, 0.2) is 0 Å². The molecule has 8 rings (SSSR count). The number of aromatic amines is 2. The third-order valence-corrected chi connectivity index (χ3v) is 12.6. The molecule has 21 nitrogen and oxygen atoms in total. The van der Waals surface area contributed by atoms with Gasteiger partial charge in [-0.3, -0.25) is 39.0 Å². The summed E-state index contributed by atoms with van der Waals surface area (Å²) in [6.07, 6.45) is 5.00. The molecule has 5 aromatic rings. The molecule has 21 heteroatoms. The third kappa shape index (κ3) is 14.3. The van der Waals surface area contributed by atoms with Crippen molar-refractivity contribution in [1.82, 2.24) is 76.8 Å². The van der Waals surface area contributed by atoms with Crippen LogP contribution in [-0.2, 0) is 14.3 Å². The number of alkyl carbamates (subject to hydrolysis) is 1. The van der Waals surface area contributed by atoms with Crippen molar-refractivity contribution >= 4 is 51.8 Å². The van der Waals surface area contributed by atoms with Crippen molar-refractivity contribution in [3.63, 3.8) is 0 Å². The number of H-pyrrole nitrogens is 2. The number of imidazole rings is 2. The van der Waals surface area contributed by atoms with Crippen molar-refractivity contribution in [3.8, 4) is 22.8 Å². The minimum Gasteiger partial charge on any atom is -0.444 e. The molecule has 0 saturated carbocycles. The van der Waals surface area contributed by atoms with Gasteiger partial charge in [0.2, 0.25) is 11.8 Å². The first-order valence-electron chi connectivity index (χ1n) is 24.5. The number of nitrogens with zero attached hydrogens (tertiary/aromatic N) is 7. The topological polar surface area (TPSA) is 240 Å². The average molecular weight is 974 g/mol. The molecule has 3 aromatic carbocycles. The number of carbonyl (C=O) groups excluding carboxylic acids is 5. The number of rotatable bonds is 19. The van der Waals surface area contributed by atoms with Crippen LogP contribution in [-0.4, -0.2) is 185 Å². The van der Waals surface area contributed by atoms with Crippen LogP contribution in [0.1, 0.15) is 60.7 Å². The molecule has 8 N–H and O–H groups in total. The van der Waals surface area contributed by atoms with Gasteiger partial charge in [-0.25, -0.2) is 14.8 Å². The molecular weight excluding hydrogens is 907 g/mol. The number of hydrazine groups is 2. The summed E-state index contributed by atoms with van der Waals surface area (Å²) in [6, 6.07) is 19.0. The van der Waals surface area contributed by atoms with Crippen LogP contribution in [0.25, 0.3) is 44.8 Å². The number of likely N-dealkylation sites (N-methyl/N-ethyl adjacent to an activating group) is 1. The van der Waals surface area contributed by atoms with Gasteiger partial charge in [-0.2, -0.15) is 0 Å². The Morgan fingerprint density at radius 2 is 1.11 bits per heavy atom. The Balaban J connectivity index is 0.720. The summed E-state index contributed by atoms with van der Waals surface area (Å²) in [5.41, 5.74) is 9.55. The maximum absolute atomic E-state index is 13.2. The number of amides is 5. The Morgan fingerprint density at radius 3 is 1.66 bits per heavy atom. The Morgan fingerprint density at radius 1 is 0.606 bits per heavy atom. The number of piperazine rings is 1. The van der Waals surface area contributed by atoms with Crippen LogP contribution in [0.3, 0.4) is 0 Å². The number of aromatic nitrogens is 4. The Labute approximate surface area is 413 Å². The summed E-state index contributed by atoms with van der Waals surface area (Å²) in [5.74, 6) is 0.334. The van der Waals surface area contributed by atoms with Crippen LogP contribution in [0.2, 0.25) is 0 Å². The highest BCUT2D eigenvalue weighted by molar-refractivity contribution is 5.98. The lowest BCUT2D eigenvalue weighted by Crippen LogP contribution is -2.50. The highest BCUT2D eigenvalue weighted by Gasteiger charge is 2.22. The van der Waals surface area contributed by atoms with Gasteiger partial charge < -0.3 is 46.2 Å². The van der Waals surface area contributed by atoms with Gasteiger partial charge in [0.25, 0.3) is 11.8 Å². The van der Waals surface area contributed by atoms with Crippen molar-refractivity contribution in [2.45, 2.75) is 45.6 Å². The molecule has 3 aliphatic rings. The molecule has 71 heavy (non-hydrogen) atoms. The molecule has 0 bridgehead atoms. The van der Waals surface area contributed by atoms with Gasteiger partial charge in [-0.05, 0) is 83.1 Å². The van der Waals surface area contributed by atoms with Gasteiger partial charge in [0, 0.05) is 101 Å². The quantitative estimate of drug-likeness (QED) is 0.0594. The molecule has 0 aliphatic carbocycles. The lowest BCUT2D eigenvalue weighted by molar-refractivity contribution is -0.125. The number of piperidine rings is 1. The van der Waals surface area contributed by atoms with Gasteiger partial charge in [-0.1, -0.05) is 30.7 Å². The molecule has 5 amide bonds. The highest BCUT2D eigenvalue weighted by atomic mass is 16.6. The number of benzene rings is 3. The summed E-state index contributed by atoms with van der Waals surface area (Å²) in [7, 11) is 1.87. The van der Waals surface area contributed by atoms with Gasteiger partial charge in [0.1, 0.15) is 23.8 Å². The second-order valence-electron chi connectivity index (χ2n) is 19.2. The molecule has 378 valence electrons. The summed E-state index contributed by atoms with van der Waals surface area (Å²) in [5, 5.41) is 17.6. The van der Waals surface area contributed by atoms with Gasteiger partial charge >= 0.3 is 6.09 Å². The normalized spacial score (nSPS) is 16.0. The Kier molecular flexibility index (Phi) is 16.5. The van der Waals surface area contributed by atoms with E-state index in [4.69, 9.17) is 14.7 Å². The van der Waals surface area contributed by atoms with Crippen LogP contribution in [0.15, 0.2) is 72.6 Å². The predicted octanol–water partition coefficient (Wildman–Crippen LogP) is 2.60. The largest absolute Gasteiger partial charge is 0.444 e. The number of likely N-dealkylation sites (tertiary alicyclic amines) is 1. The standard InChI is InChI=1S/C50H67N15O6/c1-50(2,3)71-49(70)55-32-44(67)54-31-43(66)53-30-38-33-65(60-61(38)4)27-26-64-24-22-63(23-25-64)21-17-52-48(69)37-13-15-40-42(29-37)59-46(57-40)35-10-8-34(9-11-35)45-56-39-14-12-36(28-41(39)58-45)47(68)51-16-20-62-18-6-5-7-19-62/h8-15,28-29,33,60H,5-7,16-27,30-32H2,1-4H3,(H,51,68)(H,52,69)(H,53,66)(H,54,67)(H,55,70)(H,56,58)(H,57,59). The molecule has 2 saturated heterocycles. The molecule has 0 spiro atoms. The molecule has 0 atom stereocenters. The van der Waals surface area contributed by atoms with E-state index in [0.29, 0.717) is 35.9 Å². The Bertz CT molecular complexity index is 2700. The van der Waals surface area contributed by atoms with Crippen molar-refractivity contribution in [2.75, 3.05) is 105 Å². The summed E-state index contributed by atoms with van der Waals surface area (Å²) in [4.78, 5) is 85.8. The van der Waals surface area contributed by atoms with Crippen LogP contribution >= 0.6 is 0 Å². The highest BCUT2D eigenvalue weighted by Crippen LogP contribution is 2.26. The molecular formula is C50H67N15O6. The zero-order valence-electron chi connectivity index (χ0n) is 41.2. The first-order valence-corrected chi connectivity index (χ1v) is 24.5. The molecule has 3 aliphatic heterocycles. The number of nitrogens with one attached hydrogen (secondary N) is 8. The fraction of sp³-hybridized carbons (Fsp3) is 0.460. The van der Waals surface area contributed by atoms with Gasteiger partial charge in [-0.15, -0.1) is 5.53 Å². The van der Waals surface area contributed by atoms with Crippen molar-refractivity contribution in [3.05, 3.63) is 83.7 Å². The fourth-order valence-corrected chi connectivity index (χ4v) is 8.68. The molecule has 2 fully saturated rings. The molecule has 0 unspecified atom stereocenters. The van der Waals surface area contributed by atoms with E-state index in [1.807, 2.05) is 77.9 Å². The van der Waals surface area contributed by atoms with E-state index in [0.717, 1.165) is 104 Å². The summed E-state index contributed by atoms with van der Waals surface area (Å²) in [6.45, 7) is 15.1. The third-order valence-electron chi connectivity index (χ3n) is 12.6. The van der Waals surface area contributed by atoms with E-state index < -0.39 is 17.6 Å². The second kappa shape index (κ2) is 23.2. The fourth-order valence-electron chi connectivity index (χ4n) is 8.68. The average Bonchev–Trinajstić information content (AvgIpc) is 4.10. The first-order chi connectivity index (χ1) is 34.2. The van der Waals surface area contributed by atoms with E-state index in [9.17, 15) is 24.0 Å². The number of ether oxygens (including phenoxy) is 1. The monoisotopic (exact) mass is 974 g/mol. The zero-order valence-corrected chi connectivity index (χ0v) is 41.2. The van der Waals surface area contributed by atoms with Crippen molar-refractivity contribution in [1.29, 1.82) is 0 Å².